The predicted molar refractivity (Wildman–Crippen MR) is 119 cm³/mol. The zero-order valence-corrected chi connectivity index (χ0v) is 19.5. The van der Waals surface area contributed by atoms with Crippen molar-refractivity contribution in [2.24, 2.45) is 0 Å². The Kier molecular flexibility index (Phi) is 5.89. The molecule has 11 nitrogen and oxygen atoms in total. The molecule has 1 aliphatic carbocycles. The summed E-state index contributed by atoms with van der Waals surface area (Å²) in [5, 5.41) is 0.139. The highest BCUT2D eigenvalue weighted by Gasteiger charge is 2.68. The summed E-state index contributed by atoms with van der Waals surface area (Å²) in [5.74, 6) is -1.75. The van der Waals surface area contributed by atoms with Crippen molar-refractivity contribution < 1.29 is 33.3 Å². The molecule has 182 valence electrons. The lowest BCUT2D eigenvalue weighted by Gasteiger charge is -2.47. The largest absolute Gasteiger partial charge is 0.456 e. The molecule has 1 saturated carbocycles. The van der Waals surface area contributed by atoms with Crippen molar-refractivity contribution in [1.82, 2.24) is 19.5 Å². The number of imidazole rings is 1. The third-order valence-corrected chi connectivity index (χ3v) is 6.46. The summed E-state index contributed by atoms with van der Waals surface area (Å²) in [6.45, 7) is 2.49. The maximum Gasteiger partial charge on any atom is 0.338 e. The van der Waals surface area contributed by atoms with Crippen LogP contribution in [0.2, 0.25) is 5.15 Å². The number of benzene rings is 1. The maximum absolute atomic E-state index is 12.8. The molecular formula is C23H21ClN4O7. The van der Waals surface area contributed by atoms with Crippen molar-refractivity contribution >= 4 is 40.7 Å². The highest BCUT2D eigenvalue weighted by atomic mass is 35.5. The van der Waals surface area contributed by atoms with Crippen LogP contribution in [0.1, 0.15) is 43.3 Å². The monoisotopic (exact) mass is 500 g/mol. The van der Waals surface area contributed by atoms with Crippen molar-refractivity contribution in [3.8, 4) is 0 Å². The van der Waals surface area contributed by atoms with E-state index in [2.05, 4.69) is 15.0 Å². The molecule has 35 heavy (non-hydrogen) atoms. The Morgan fingerprint density at radius 3 is 2.46 bits per heavy atom. The Morgan fingerprint density at radius 1 is 1.06 bits per heavy atom. The molecule has 1 spiro atoms. The van der Waals surface area contributed by atoms with Crippen LogP contribution in [0.25, 0.3) is 11.2 Å². The number of hydrogen-bond acceptors (Lipinski definition) is 10. The SMILES string of the molecule is CC(=O)OC1[C@H](n2cnc3c(Cl)ncnc32)O[C@]2(CC[C@@H]2OC(=O)c2ccccc2)[C@@H]1OC(C)=O. The van der Waals surface area contributed by atoms with Gasteiger partial charge in [0.25, 0.3) is 0 Å². The smallest absolute Gasteiger partial charge is 0.338 e. The molecular weight excluding hydrogens is 480 g/mol. The van der Waals surface area contributed by atoms with Crippen molar-refractivity contribution in [1.29, 1.82) is 0 Å². The number of carbonyl (C=O) groups is 3. The van der Waals surface area contributed by atoms with Gasteiger partial charge in [-0.25, -0.2) is 19.7 Å². The second kappa shape index (κ2) is 8.90. The van der Waals surface area contributed by atoms with Gasteiger partial charge in [0.1, 0.15) is 23.5 Å². The molecule has 1 saturated heterocycles. The minimum atomic E-state index is -1.24. The Hall–Kier alpha value is -3.57. The fraction of sp³-hybridized carbons (Fsp3) is 0.391. The van der Waals surface area contributed by atoms with Gasteiger partial charge in [0.15, 0.2) is 29.2 Å². The summed E-state index contributed by atoms with van der Waals surface area (Å²) in [7, 11) is 0. The van der Waals surface area contributed by atoms with Crippen molar-refractivity contribution in [3.63, 3.8) is 0 Å². The number of nitrogens with zero attached hydrogens (tertiary/aromatic N) is 4. The van der Waals surface area contributed by atoms with Gasteiger partial charge in [0.05, 0.1) is 11.9 Å². The van der Waals surface area contributed by atoms with Gasteiger partial charge in [-0.2, -0.15) is 0 Å². The van der Waals surface area contributed by atoms with Crippen molar-refractivity contribution in [3.05, 3.63) is 53.7 Å². The number of esters is 3. The molecule has 0 amide bonds. The van der Waals surface area contributed by atoms with Crippen LogP contribution in [0.5, 0.6) is 0 Å². The minimum absolute atomic E-state index is 0.139. The van der Waals surface area contributed by atoms with Crippen LogP contribution >= 0.6 is 11.6 Å². The molecule has 12 heteroatoms. The van der Waals surface area contributed by atoms with E-state index in [4.69, 9.17) is 30.5 Å². The number of rotatable bonds is 5. The highest BCUT2D eigenvalue weighted by molar-refractivity contribution is 6.33. The molecule has 0 bridgehead atoms. The lowest BCUT2D eigenvalue weighted by atomic mass is 9.72. The number of halogens is 1. The third-order valence-electron chi connectivity index (χ3n) is 6.19. The molecule has 1 aromatic carbocycles. The van der Waals surface area contributed by atoms with Crippen LogP contribution in [0.15, 0.2) is 43.0 Å². The standard InChI is InChI=1S/C23H21ClN4O7/c1-12(29)32-17-18(33-13(2)30)23(9-8-15(23)34-22(31)14-6-4-3-5-7-14)35-21(17)28-11-27-16-19(24)25-10-26-20(16)28/h3-7,10-11,15,17-18,21H,8-9H2,1-2H3/t15-,17?,18+,21+,23-/m0/s1. The normalized spacial score (nSPS) is 27.4. The summed E-state index contributed by atoms with van der Waals surface area (Å²) in [6.07, 6.45) is -0.297. The van der Waals surface area contributed by atoms with E-state index < -0.39 is 48.0 Å². The molecule has 1 aliphatic heterocycles. The molecule has 5 rings (SSSR count). The summed E-state index contributed by atoms with van der Waals surface area (Å²) in [6, 6.07) is 8.52. The van der Waals surface area contributed by atoms with Gasteiger partial charge < -0.3 is 18.9 Å². The van der Waals surface area contributed by atoms with E-state index in [1.807, 2.05) is 0 Å². The van der Waals surface area contributed by atoms with E-state index in [-0.39, 0.29) is 5.15 Å². The van der Waals surface area contributed by atoms with Crippen LogP contribution < -0.4 is 0 Å². The summed E-state index contributed by atoms with van der Waals surface area (Å²) in [5.41, 5.74) is -0.210. The molecule has 0 radical (unpaired) electrons. The Balaban J connectivity index is 1.54. The number of carbonyl (C=O) groups excluding carboxylic acids is 3. The molecule has 0 N–H and O–H groups in total. The van der Waals surface area contributed by atoms with E-state index in [1.54, 1.807) is 30.3 Å². The molecule has 2 fully saturated rings. The van der Waals surface area contributed by atoms with Crippen LogP contribution in [0, 0.1) is 0 Å². The molecule has 5 atom stereocenters. The lowest BCUT2D eigenvalue weighted by molar-refractivity contribution is -0.221. The summed E-state index contributed by atoms with van der Waals surface area (Å²) < 4.78 is 25.0. The summed E-state index contributed by atoms with van der Waals surface area (Å²) in [4.78, 5) is 49.3. The van der Waals surface area contributed by atoms with Crippen LogP contribution in [0.4, 0.5) is 0 Å². The first kappa shape index (κ1) is 23.2. The lowest BCUT2D eigenvalue weighted by Crippen LogP contribution is -2.62. The second-order valence-electron chi connectivity index (χ2n) is 8.35. The van der Waals surface area contributed by atoms with Gasteiger partial charge in [0, 0.05) is 13.8 Å². The number of fused-ring (bicyclic) bond motifs is 1. The van der Waals surface area contributed by atoms with E-state index in [0.29, 0.717) is 29.6 Å². The fourth-order valence-corrected chi connectivity index (χ4v) is 4.78. The molecule has 1 unspecified atom stereocenters. The van der Waals surface area contributed by atoms with Gasteiger partial charge >= 0.3 is 17.9 Å². The maximum atomic E-state index is 12.8. The van der Waals surface area contributed by atoms with Crippen molar-refractivity contribution in [2.75, 3.05) is 0 Å². The predicted octanol–water partition coefficient (Wildman–Crippen LogP) is 2.63. The van der Waals surface area contributed by atoms with Gasteiger partial charge in [-0.05, 0) is 25.0 Å². The Labute approximate surface area is 204 Å². The van der Waals surface area contributed by atoms with Crippen LogP contribution in [-0.2, 0) is 28.5 Å². The zero-order valence-electron chi connectivity index (χ0n) is 18.8. The molecule has 2 aromatic heterocycles. The topological polar surface area (TPSA) is 132 Å². The molecule has 3 aromatic rings. The van der Waals surface area contributed by atoms with Gasteiger partial charge in [-0.1, -0.05) is 29.8 Å². The minimum Gasteiger partial charge on any atom is -0.456 e. The Morgan fingerprint density at radius 2 is 1.80 bits per heavy atom. The number of aromatic nitrogens is 4. The first-order valence-electron chi connectivity index (χ1n) is 10.9. The van der Waals surface area contributed by atoms with Gasteiger partial charge in [-0.15, -0.1) is 0 Å². The first-order chi connectivity index (χ1) is 16.8. The zero-order chi connectivity index (χ0) is 24.7. The first-order valence-corrected chi connectivity index (χ1v) is 11.3. The van der Waals surface area contributed by atoms with Gasteiger partial charge in [-0.3, -0.25) is 14.2 Å². The average molecular weight is 501 g/mol. The quantitative estimate of drug-likeness (QED) is 0.292. The third kappa shape index (κ3) is 4.00. The van der Waals surface area contributed by atoms with Gasteiger partial charge in [0.2, 0.25) is 0 Å². The fourth-order valence-electron chi connectivity index (χ4n) is 4.61. The van der Waals surface area contributed by atoms with Crippen LogP contribution in [-0.4, -0.2) is 61.3 Å². The van der Waals surface area contributed by atoms with Crippen molar-refractivity contribution in [2.45, 2.75) is 56.8 Å². The van der Waals surface area contributed by atoms with E-state index >= 15 is 0 Å². The van der Waals surface area contributed by atoms with E-state index in [9.17, 15) is 14.4 Å². The highest BCUT2D eigenvalue weighted by Crippen LogP contribution is 2.53. The molecule has 3 heterocycles. The van der Waals surface area contributed by atoms with E-state index in [0.717, 1.165) is 0 Å². The number of hydrogen-bond donors (Lipinski definition) is 0. The average Bonchev–Trinajstić information content (AvgIpc) is 3.38. The van der Waals surface area contributed by atoms with Crippen LogP contribution in [0.3, 0.4) is 0 Å². The van der Waals surface area contributed by atoms with E-state index in [1.165, 1.54) is 31.1 Å². The number of ether oxygens (including phenoxy) is 4. The Bertz CT molecular complexity index is 1300. The summed E-state index contributed by atoms with van der Waals surface area (Å²) >= 11 is 6.15. The second-order valence-corrected chi connectivity index (χ2v) is 8.71. The molecule has 2 aliphatic rings.